The molecule has 1 aliphatic rings. The Balaban J connectivity index is 0.00000420. The molecule has 0 unspecified atom stereocenters. The molecule has 0 bridgehead atoms. The van der Waals surface area contributed by atoms with E-state index in [-0.39, 0.29) is 36.0 Å². The number of benzene rings is 1. The molecule has 1 aromatic carbocycles. The number of aliphatic imine (C=N–C) groups is 1. The van der Waals surface area contributed by atoms with Gasteiger partial charge >= 0.3 is 6.03 Å². The summed E-state index contributed by atoms with van der Waals surface area (Å²) in [6.07, 6.45) is 0. The summed E-state index contributed by atoms with van der Waals surface area (Å²) in [4.78, 5) is 18.8. The van der Waals surface area contributed by atoms with Crippen LogP contribution in [0.5, 0.6) is 0 Å². The van der Waals surface area contributed by atoms with Crippen LogP contribution in [0.15, 0.2) is 29.3 Å². The van der Waals surface area contributed by atoms with Gasteiger partial charge in [-0.3, -0.25) is 4.90 Å². The zero-order valence-corrected chi connectivity index (χ0v) is 20.0. The Kier molecular flexibility index (Phi) is 12.6. The second-order valence-electron chi connectivity index (χ2n) is 7.03. The van der Waals surface area contributed by atoms with Gasteiger partial charge in [0.05, 0.1) is 19.8 Å². The van der Waals surface area contributed by atoms with Crippen molar-refractivity contribution >= 4 is 41.7 Å². The second kappa shape index (κ2) is 14.4. The first-order valence-corrected chi connectivity index (χ1v) is 10.1. The molecule has 29 heavy (non-hydrogen) atoms. The number of amides is 2. The quantitative estimate of drug-likeness (QED) is 0.241. The van der Waals surface area contributed by atoms with Crippen LogP contribution in [0, 0.1) is 0 Å². The number of carbonyl (C=O) groups excluding carboxylic acids is 1. The van der Waals surface area contributed by atoms with Crippen LogP contribution in [-0.2, 0) is 11.3 Å². The van der Waals surface area contributed by atoms with Crippen molar-refractivity contribution in [2.24, 2.45) is 4.99 Å². The van der Waals surface area contributed by atoms with E-state index in [1.807, 2.05) is 38.1 Å². The lowest BCUT2D eigenvalue weighted by molar-refractivity contribution is 0.0389. The molecule has 8 nitrogen and oxygen atoms in total. The van der Waals surface area contributed by atoms with Crippen molar-refractivity contribution in [2.75, 3.05) is 51.3 Å². The van der Waals surface area contributed by atoms with Crippen molar-refractivity contribution in [2.45, 2.75) is 33.4 Å². The largest absolute Gasteiger partial charge is 0.379 e. The number of ether oxygens (including phenoxy) is 1. The Morgan fingerprint density at radius 2 is 1.86 bits per heavy atom. The Morgan fingerprint density at radius 1 is 1.17 bits per heavy atom. The summed E-state index contributed by atoms with van der Waals surface area (Å²) in [7, 11) is 0. The Bertz CT molecular complexity index is 618. The molecule has 2 amide bonds. The molecule has 0 radical (unpaired) electrons. The number of hydrogen-bond donors (Lipinski definition) is 4. The summed E-state index contributed by atoms with van der Waals surface area (Å²) in [5.41, 5.74) is 1.85. The van der Waals surface area contributed by atoms with Crippen LogP contribution in [0.4, 0.5) is 10.5 Å². The average molecular weight is 518 g/mol. The maximum absolute atomic E-state index is 11.7. The van der Waals surface area contributed by atoms with Crippen LogP contribution in [-0.4, -0.2) is 68.9 Å². The number of urea groups is 1. The van der Waals surface area contributed by atoms with Gasteiger partial charge in [0.25, 0.3) is 0 Å². The molecular formula is C20H35IN6O2. The highest BCUT2D eigenvalue weighted by Gasteiger charge is 2.09. The van der Waals surface area contributed by atoms with E-state index in [2.05, 4.69) is 38.1 Å². The number of carbonyl (C=O) groups is 1. The number of nitrogens with one attached hydrogen (secondary N) is 4. The van der Waals surface area contributed by atoms with Crippen molar-refractivity contribution in [1.82, 2.24) is 20.9 Å². The predicted molar refractivity (Wildman–Crippen MR) is 129 cm³/mol. The Morgan fingerprint density at radius 3 is 2.48 bits per heavy atom. The van der Waals surface area contributed by atoms with Crippen molar-refractivity contribution in [3.05, 3.63) is 29.8 Å². The van der Waals surface area contributed by atoms with Gasteiger partial charge in [-0.05, 0) is 38.5 Å². The van der Waals surface area contributed by atoms with Crippen LogP contribution in [0.2, 0.25) is 0 Å². The lowest BCUT2D eigenvalue weighted by Gasteiger charge is -2.26. The molecule has 1 saturated heterocycles. The highest BCUT2D eigenvalue weighted by atomic mass is 127. The van der Waals surface area contributed by atoms with Gasteiger partial charge < -0.3 is 26.0 Å². The second-order valence-corrected chi connectivity index (χ2v) is 7.03. The van der Waals surface area contributed by atoms with E-state index in [1.165, 1.54) is 0 Å². The van der Waals surface area contributed by atoms with Crippen molar-refractivity contribution in [1.29, 1.82) is 0 Å². The standard InChI is InChI=1S/C20H34N6O2.HI/c1-4-21-19(22-9-10-26-11-13-28-14-12-26)23-15-17-5-7-18(8-6-17)25-20(27)24-16(2)3;/h5-8,16H,4,9-15H2,1-3H3,(H2,21,22,23)(H2,24,25,27);1H. The first-order valence-electron chi connectivity index (χ1n) is 10.1. The van der Waals surface area contributed by atoms with E-state index < -0.39 is 0 Å². The lowest BCUT2D eigenvalue weighted by atomic mass is 10.2. The average Bonchev–Trinajstić information content (AvgIpc) is 2.67. The van der Waals surface area contributed by atoms with Gasteiger partial charge in [-0.15, -0.1) is 24.0 Å². The Hall–Kier alpha value is -1.59. The Labute approximate surface area is 191 Å². The monoisotopic (exact) mass is 518 g/mol. The minimum atomic E-state index is -0.195. The van der Waals surface area contributed by atoms with E-state index in [1.54, 1.807) is 0 Å². The number of morpholine rings is 1. The fraction of sp³-hybridized carbons (Fsp3) is 0.600. The topological polar surface area (TPSA) is 90.0 Å². The third kappa shape index (κ3) is 10.7. The van der Waals surface area contributed by atoms with E-state index in [0.29, 0.717) is 6.54 Å². The number of anilines is 1. The first kappa shape index (κ1) is 25.4. The molecule has 1 aromatic rings. The predicted octanol–water partition coefficient (Wildman–Crippen LogP) is 2.22. The van der Waals surface area contributed by atoms with Gasteiger partial charge in [0.15, 0.2) is 5.96 Å². The number of nitrogens with zero attached hydrogens (tertiary/aromatic N) is 2. The van der Waals surface area contributed by atoms with Gasteiger partial charge in [0, 0.05) is 44.5 Å². The molecular weight excluding hydrogens is 483 g/mol. The third-order valence-corrected chi connectivity index (χ3v) is 4.22. The molecule has 164 valence electrons. The summed E-state index contributed by atoms with van der Waals surface area (Å²) in [6.45, 7) is 12.7. The number of rotatable bonds is 8. The van der Waals surface area contributed by atoms with Crippen LogP contribution in [0.3, 0.4) is 0 Å². The van der Waals surface area contributed by atoms with Crippen molar-refractivity contribution < 1.29 is 9.53 Å². The molecule has 0 aromatic heterocycles. The summed E-state index contributed by atoms with van der Waals surface area (Å²) in [6, 6.07) is 7.65. The maximum atomic E-state index is 11.7. The highest BCUT2D eigenvalue weighted by Crippen LogP contribution is 2.10. The molecule has 0 saturated carbocycles. The van der Waals surface area contributed by atoms with Gasteiger partial charge in [-0.1, -0.05) is 12.1 Å². The zero-order chi connectivity index (χ0) is 20.2. The molecule has 0 spiro atoms. The normalized spacial score (nSPS) is 14.8. The SMILES string of the molecule is CCNC(=NCc1ccc(NC(=O)NC(C)C)cc1)NCCN1CCOCC1.I. The zero-order valence-electron chi connectivity index (χ0n) is 17.7. The summed E-state index contributed by atoms with van der Waals surface area (Å²) in [5.74, 6) is 0.814. The molecule has 2 rings (SSSR count). The third-order valence-electron chi connectivity index (χ3n) is 4.22. The molecule has 0 aliphatic carbocycles. The van der Waals surface area contributed by atoms with E-state index in [4.69, 9.17) is 4.74 Å². The van der Waals surface area contributed by atoms with Crippen molar-refractivity contribution in [3.8, 4) is 0 Å². The number of hydrogen-bond acceptors (Lipinski definition) is 4. The lowest BCUT2D eigenvalue weighted by Crippen LogP contribution is -2.44. The minimum absolute atomic E-state index is 0. The van der Waals surface area contributed by atoms with Crippen LogP contribution < -0.4 is 21.3 Å². The van der Waals surface area contributed by atoms with Gasteiger partial charge in [-0.25, -0.2) is 9.79 Å². The minimum Gasteiger partial charge on any atom is -0.379 e. The van der Waals surface area contributed by atoms with E-state index >= 15 is 0 Å². The van der Waals surface area contributed by atoms with Crippen molar-refractivity contribution in [3.63, 3.8) is 0 Å². The number of halogens is 1. The molecule has 0 atom stereocenters. The fourth-order valence-corrected chi connectivity index (χ4v) is 2.79. The number of guanidine groups is 1. The van der Waals surface area contributed by atoms with Crippen LogP contribution in [0.1, 0.15) is 26.3 Å². The van der Waals surface area contributed by atoms with E-state index in [9.17, 15) is 4.79 Å². The molecule has 1 heterocycles. The summed E-state index contributed by atoms with van der Waals surface area (Å²) < 4.78 is 5.37. The fourth-order valence-electron chi connectivity index (χ4n) is 2.79. The molecule has 1 aliphatic heterocycles. The molecule has 9 heteroatoms. The molecule has 1 fully saturated rings. The summed E-state index contributed by atoms with van der Waals surface area (Å²) >= 11 is 0. The first-order chi connectivity index (χ1) is 13.6. The maximum Gasteiger partial charge on any atom is 0.319 e. The van der Waals surface area contributed by atoms with Crippen LogP contribution in [0.25, 0.3) is 0 Å². The van der Waals surface area contributed by atoms with Crippen LogP contribution >= 0.6 is 24.0 Å². The highest BCUT2D eigenvalue weighted by molar-refractivity contribution is 14.0. The smallest absolute Gasteiger partial charge is 0.319 e. The van der Waals surface area contributed by atoms with Gasteiger partial charge in [0.1, 0.15) is 0 Å². The van der Waals surface area contributed by atoms with Gasteiger partial charge in [-0.2, -0.15) is 0 Å². The van der Waals surface area contributed by atoms with Gasteiger partial charge in [0.2, 0.25) is 0 Å². The van der Waals surface area contributed by atoms with E-state index in [0.717, 1.165) is 63.1 Å². The molecule has 4 N–H and O–H groups in total. The summed E-state index contributed by atoms with van der Waals surface area (Å²) in [5, 5.41) is 12.3.